The molecular weight excluding hydrogens is 344 g/mol. The van der Waals surface area contributed by atoms with Crippen molar-refractivity contribution in [1.82, 2.24) is 19.9 Å². The topological polar surface area (TPSA) is 59.8 Å². The van der Waals surface area contributed by atoms with Crippen molar-refractivity contribution in [2.45, 2.75) is 32.0 Å². The summed E-state index contributed by atoms with van der Waals surface area (Å²) >= 11 is 1.43. The summed E-state index contributed by atoms with van der Waals surface area (Å²) in [7, 11) is 0. The average Bonchev–Trinajstić information content (AvgIpc) is 3.08. The molecule has 0 aliphatic rings. The van der Waals surface area contributed by atoms with Crippen LogP contribution in [0, 0.1) is 13.8 Å². The summed E-state index contributed by atoms with van der Waals surface area (Å²) in [5.41, 5.74) is 4.45. The van der Waals surface area contributed by atoms with Crippen molar-refractivity contribution in [2.24, 2.45) is 0 Å². The Balaban J connectivity index is 1.64. The SMILES string of the molecule is Cc1cc(C)cc(-n2ccnc2SCC(=O)NC(C)c2cccnc2)c1. The third kappa shape index (κ3) is 4.52. The molecule has 1 atom stereocenters. The molecule has 0 fully saturated rings. The molecule has 5 nitrogen and oxygen atoms in total. The van der Waals surface area contributed by atoms with E-state index in [1.54, 1.807) is 18.6 Å². The number of hydrogen-bond acceptors (Lipinski definition) is 4. The van der Waals surface area contributed by atoms with Crippen LogP contribution < -0.4 is 5.32 Å². The summed E-state index contributed by atoms with van der Waals surface area (Å²) in [6.45, 7) is 6.11. The van der Waals surface area contributed by atoms with Crippen molar-refractivity contribution in [3.05, 3.63) is 71.8 Å². The van der Waals surface area contributed by atoms with E-state index in [-0.39, 0.29) is 11.9 Å². The number of nitrogens with one attached hydrogen (secondary N) is 1. The zero-order valence-corrected chi connectivity index (χ0v) is 16.0. The van der Waals surface area contributed by atoms with Crippen molar-refractivity contribution >= 4 is 17.7 Å². The van der Waals surface area contributed by atoms with Gasteiger partial charge in [0.15, 0.2) is 5.16 Å². The first-order valence-electron chi connectivity index (χ1n) is 8.47. The van der Waals surface area contributed by atoms with E-state index < -0.39 is 0 Å². The number of aryl methyl sites for hydroxylation is 2. The van der Waals surface area contributed by atoms with E-state index in [4.69, 9.17) is 0 Å². The molecule has 2 aromatic heterocycles. The Kier molecular flexibility index (Phi) is 5.73. The predicted octanol–water partition coefficient (Wildman–Crippen LogP) is 3.85. The van der Waals surface area contributed by atoms with Gasteiger partial charge in [-0.1, -0.05) is 23.9 Å². The molecule has 2 heterocycles. The lowest BCUT2D eigenvalue weighted by Gasteiger charge is -2.14. The van der Waals surface area contributed by atoms with Crippen LogP contribution in [0.25, 0.3) is 5.69 Å². The van der Waals surface area contributed by atoms with Crippen LogP contribution in [0.1, 0.15) is 29.7 Å². The van der Waals surface area contributed by atoms with E-state index >= 15 is 0 Å². The van der Waals surface area contributed by atoms with E-state index in [2.05, 4.69) is 47.3 Å². The highest BCUT2D eigenvalue weighted by Gasteiger charge is 2.12. The van der Waals surface area contributed by atoms with Gasteiger partial charge in [-0.05, 0) is 55.7 Å². The van der Waals surface area contributed by atoms with E-state index in [1.807, 2.05) is 29.8 Å². The van der Waals surface area contributed by atoms with Gasteiger partial charge in [0.25, 0.3) is 0 Å². The third-order valence-electron chi connectivity index (χ3n) is 3.99. The molecule has 1 unspecified atom stereocenters. The number of hydrogen-bond donors (Lipinski definition) is 1. The number of carbonyl (C=O) groups excluding carboxylic acids is 1. The Hall–Kier alpha value is -2.60. The van der Waals surface area contributed by atoms with Gasteiger partial charge in [-0.2, -0.15) is 0 Å². The van der Waals surface area contributed by atoms with Gasteiger partial charge >= 0.3 is 0 Å². The van der Waals surface area contributed by atoms with Crippen LogP contribution in [-0.2, 0) is 4.79 Å². The molecule has 0 spiro atoms. The monoisotopic (exact) mass is 366 g/mol. The second kappa shape index (κ2) is 8.19. The summed E-state index contributed by atoms with van der Waals surface area (Å²) in [4.78, 5) is 20.8. The van der Waals surface area contributed by atoms with Crippen LogP contribution in [-0.4, -0.2) is 26.2 Å². The minimum atomic E-state index is -0.0732. The number of pyridine rings is 1. The maximum Gasteiger partial charge on any atom is 0.230 e. The molecule has 134 valence electrons. The smallest absolute Gasteiger partial charge is 0.230 e. The van der Waals surface area contributed by atoms with Crippen molar-refractivity contribution in [3.8, 4) is 5.69 Å². The largest absolute Gasteiger partial charge is 0.349 e. The quantitative estimate of drug-likeness (QED) is 0.673. The number of carbonyl (C=O) groups is 1. The molecule has 0 saturated carbocycles. The molecule has 1 amide bonds. The number of rotatable bonds is 6. The predicted molar refractivity (Wildman–Crippen MR) is 105 cm³/mol. The summed E-state index contributed by atoms with van der Waals surface area (Å²) in [6, 6.07) is 10.1. The van der Waals surface area contributed by atoms with E-state index in [1.165, 1.54) is 22.9 Å². The van der Waals surface area contributed by atoms with Gasteiger partial charge in [0.1, 0.15) is 0 Å². The van der Waals surface area contributed by atoms with Gasteiger partial charge in [-0.25, -0.2) is 4.98 Å². The molecule has 1 aromatic carbocycles. The second-order valence-electron chi connectivity index (χ2n) is 6.29. The highest BCUT2D eigenvalue weighted by molar-refractivity contribution is 7.99. The summed E-state index contributed by atoms with van der Waals surface area (Å²) in [5, 5.41) is 3.80. The van der Waals surface area contributed by atoms with Gasteiger partial charge < -0.3 is 5.32 Å². The standard InChI is InChI=1S/C20H22N4OS/c1-14-9-15(2)11-18(10-14)24-8-7-22-20(24)26-13-19(25)23-16(3)17-5-4-6-21-12-17/h4-12,16H,13H2,1-3H3,(H,23,25). The van der Waals surface area contributed by atoms with Crippen molar-refractivity contribution < 1.29 is 4.79 Å². The average molecular weight is 366 g/mol. The van der Waals surface area contributed by atoms with Crippen molar-refractivity contribution in [2.75, 3.05) is 5.75 Å². The molecule has 0 saturated heterocycles. The van der Waals surface area contributed by atoms with E-state index in [0.29, 0.717) is 5.75 Å². The fraction of sp³-hybridized carbons (Fsp3) is 0.250. The Labute approximate surface area is 157 Å². The van der Waals surface area contributed by atoms with Crippen LogP contribution in [0.15, 0.2) is 60.3 Å². The second-order valence-corrected chi connectivity index (χ2v) is 7.23. The maximum absolute atomic E-state index is 12.3. The van der Waals surface area contributed by atoms with Crippen LogP contribution in [0.4, 0.5) is 0 Å². The molecule has 1 N–H and O–H groups in total. The zero-order valence-electron chi connectivity index (χ0n) is 15.1. The molecule has 3 rings (SSSR count). The van der Waals surface area contributed by atoms with Gasteiger partial charge in [0.2, 0.25) is 5.91 Å². The molecule has 0 bridgehead atoms. The molecule has 3 aromatic rings. The Morgan fingerprint density at radius 2 is 2.00 bits per heavy atom. The van der Waals surface area contributed by atoms with Gasteiger partial charge in [-0.3, -0.25) is 14.3 Å². The fourth-order valence-electron chi connectivity index (χ4n) is 2.81. The number of benzene rings is 1. The van der Waals surface area contributed by atoms with Gasteiger partial charge in [-0.15, -0.1) is 0 Å². The molecule has 6 heteroatoms. The molecule has 0 aliphatic carbocycles. The minimum Gasteiger partial charge on any atom is -0.349 e. The number of nitrogens with zero attached hydrogens (tertiary/aromatic N) is 3. The third-order valence-corrected chi connectivity index (χ3v) is 4.95. The highest BCUT2D eigenvalue weighted by atomic mass is 32.2. The fourth-order valence-corrected chi connectivity index (χ4v) is 3.60. The highest BCUT2D eigenvalue weighted by Crippen LogP contribution is 2.22. The summed E-state index contributed by atoms with van der Waals surface area (Å²) < 4.78 is 2.02. The number of thioether (sulfide) groups is 1. The Morgan fingerprint density at radius 1 is 1.23 bits per heavy atom. The van der Waals surface area contributed by atoms with Crippen molar-refractivity contribution in [1.29, 1.82) is 0 Å². The molecular formula is C20H22N4OS. The molecule has 26 heavy (non-hydrogen) atoms. The van der Waals surface area contributed by atoms with Gasteiger partial charge in [0.05, 0.1) is 11.8 Å². The lowest BCUT2D eigenvalue weighted by Crippen LogP contribution is -2.28. The zero-order chi connectivity index (χ0) is 18.5. The molecule has 0 radical (unpaired) electrons. The number of imidazole rings is 1. The Bertz CT molecular complexity index is 872. The van der Waals surface area contributed by atoms with Crippen LogP contribution in [0.5, 0.6) is 0 Å². The first kappa shape index (κ1) is 18.2. The lowest BCUT2D eigenvalue weighted by atomic mass is 10.1. The first-order valence-corrected chi connectivity index (χ1v) is 9.45. The van der Waals surface area contributed by atoms with Crippen LogP contribution >= 0.6 is 11.8 Å². The van der Waals surface area contributed by atoms with Gasteiger partial charge in [0, 0.05) is 30.5 Å². The molecule has 0 aliphatic heterocycles. The number of aromatic nitrogens is 3. The summed E-state index contributed by atoms with van der Waals surface area (Å²) in [6.07, 6.45) is 7.18. The Morgan fingerprint density at radius 3 is 2.69 bits per heavy atom. The van der Waals surface area contributed by atoms with E-state index in [0.717, 1.165) is 16.4 Å². The van der Waals surface area contributed by atoms with Crippen LogP contribution in [0.2, 0.25) is 0 Å². The first-order chi connectivity index (χ1) is 12.5. The lowest BCUT2D eigenvalue weighted by molar-refractivity contribution is -0.119. The normalized spacial score (nSPS) is 12.0. The number of amides is 1. The van der Waals surface area contributed by atoms with E-state index in [9.17, 15) is 4.79 Å². The van der Waals surface area contributed by atoms with Crippen molar-refractivity contribution in [3.63, 3.8) is 0 Å². The minimum absolute atomic E-state index is 0.0266. The maximum atomic E-state index is 12.3. The summed E-state index contributed by atoms with van der Waals surface area (Å²) in [5.74, 6) is 0.285. The van der Waals surface area contributed by atoms with Crippen LogP contribution in [0.3, 0.4) is 0 Å².